The van der Waals surface area contributed by atoms with Gasteiger partial charge in [0.15, 0.2) is 0 Å². The Hall–Kier alpha value is -1.89. The van der Waals surface area contributed by atoms with Crippen LogP contribution < -0.4 is 5.56 Å². The Morgan fingerprint density at radius 2 is 2.13 bits per heavy atom. The summed E-state index contributed by atoms with van der Waals surface area (Å²) in [5.74, 6) is 0. The fourth-order valence-corrected chi connectivity index (χ4v) is 2.41. The average Bonchev–Trinajstić information content (AvgIpc) is 2.46. The zero-order valence-corrected chi connectivity index (χ0v) is 14.3. The van der Waals surface area contributed by atoms with Gasteiger partial charge in [-0.1, -0.05) is 0 Å². The monoisotopic (exact) mass is 323 g/mol. The van der Waals surface area contributed by atoms with Crippen LogP contribution in [0, 0.1) is 0 Å². The van der Waals surface area contributed by atoms with E-state index in [2.05, 4.69) is 5.10 Å². The van der Waals surface area contributed by atoms with Gasteiger partial charge >= 0.3 is 6.09 Å². The van der Waals surface area contributed by atoms with Gasteiger partial charge in [-0.3, -0.25) is 4.79 Å². The van der Waals surface area contributed by atoms with Gasteiger partial charge in [0, 0.05) is 24.6 Å². The van der Waals surface area contributed by atoms with Crippen LogP contribution in [-0.2, 0) is 29.0 Å². The lowest BCUT2D eigenvalue weighted by molar-refractivity contribution is -0.00844. The summed E-state index contributed by atoms with van der Waals surface area (Å²) in [4.78, 5) is 25.5. The summed E-state index contributed by atoms with van der Waals surface area (Å²) < 4.78 is 12.1. The van der Waals surface area contributed by atoms with Crippen molar-refractivity contribution >= 4 is 6.09 Å². The summed E-state index contributed by atoms with van der Waals surface area (Å²) in [6, 6.07) is 1.56. The van der Waals surface area contributed by atoms with Crippen molar-refractivity contribution in [2.24, 2.45) is 0 Å². The molecule has 0 radical (unpaired) electrons. The van der Waals surface area contributed by atoms with Crippen molar-refractivity contribution in [3.63, 3.8) is 0 Å². The minimum atomic E-state index is -0.346. The van der Waals surface area contributed by atoms with Crippen LogP contribution in [0.25, 0.3) is 0 Å². The molecule has 1 aliphatic heterocycles. The highest BCUT2D eigenvalue weighted by atomic mass is 16.6. The van der Waals surface area contributed by atoms with E-state index in [1.807, 2.05) is 20.8 Å². The lowest BCUT2D eigenvalue weighted by Gasteiger charge is -2.27. The van der Waals surface area contributed by atoms with Gasteiger partial charge in [0.25, 0.3) is 5.56 Å². The fourth-order valence-electron chi connectivity index (χ4n) is 2.41. The van der Waals surface area contributed by atoms with Crippen molar-refractivity contribution in [3.05, 3.63) is 27.7 Å². The highest BCUT2D eigenvalue weighted by Crippen LogP contribution is 2.16. The van der Waals surface area contributed by atoms with E-state index in [0.29, 0.717) is 39.3 Å². The first-order valence-corrected chi connectivity index (χ1v) is 7.95. The molecular weight excluding hydrogens is 298 g/mol. The molecule has 2 rings (SSSR count). The predicted octanol–water partition coefficient (Wildman–Crippen LogP) is 1.57. The second-order valence-electron chi connectivity index (χ2n) is 6.51. The van der Waals surface area contributed by atoms with Gasteiger partial charge in [0.2, 0.25) is 0 Å². The minimum absolute atomic E-state index is 0.174. The number of carbonyl (C=O) groups excluding carboxylic acids is 1. The predicted molar refractivity (Wildman–Crippen MR) is 85.3 cm³/mol. The molecule has 1 amide bonds. The molecule has 128 valence electrons. The van der Waals surface area contributed by atoms with Crippen LogP contribution in [0.2, 0.25) is 0 Å². The molecule has 0 atom stereocenters. The molecule has 0 saturated carbocycles. The molecule has 7 nitrogen and oxygen atoms in total. The van der Waals surface area contributed by atoms with Gasteiger partial charge in [0.1, 0.15) is 0 Å². The average molecular weight is 323 g/mol. The summed E-state index contributed by atoms with van der Waals surface area (Å²) in [7, 11) is 0. The molecule has 2 heterocycles. The standard InChI is InChI=1S/C16H25N3O4/c1-5-22-15(21)18-7-6-13-12(11-18)10-14(20)19(17-13)8-9-23-16(2,3)4/h10H,5-9,11H2,1-4H3. The van der Waals surface area contributed by atoms with Gasteiger partial charge in [-0.15, -0.1) is 0 Å². The van der Waals surface area contributed by atoms with Crippen molar-refractivity contribution < 1.29 is 14.3 Å². The smallest absolute Gasteiger partial charge is 0.410 e. The lowest BCUT2D eigenvalue weighted by Crippen LogP contribution is -2.39. The normalized spacial score (nSPS) is 14.5. The molecule has 7 heteroatoms. The van der Waals surface area contributed by atoms with E-state index in [4.69, 9.17) is 9.47 Å². The highest BCUT2D eigenvalue weighted by Gasteiger charge is 2.23. The van der Waals surface area contributed by atoms with E-state index < -0.39 is 0 Å². The molecule has 0 saturated heterocycles. The fraction of sp³-hybridized carbons (Fsp3) is 0.688. The molecule has 1 aromatic rings. The Labute approximate surface area is 136 Å². The number of hydrogen-bond acceptors (Lipinski definition) is 5. The number of carbonyl (C=O) groups is 1. The molecule has 0 aromatic carbocycles. The van der Waals surface area contributed by atoms with E-state index in [9.17, 15) is 9.59 Å². The maximum atomic E-state index is 12.2. The molecule has 0 bridgehead atoms. The summed E-state index contributed by atoms with van der Waals surface area (Å²) in [5.41, 5.74) is 1.24. The minimum Gasteiger partial charge on any atom is -0.450 e. The van der Waals surface area contributed by atoms with Crippen LogP contribution in [-0.4, -0.2) is 46.1 Å². The van der Waals surface area contributed by atoms with Crippen molar-refractivity contribution in [1.29, 1.82) is 0 Å². The molecule has 1 aromatic heterocycles. The van der Waals surface area contributed by atoms with Gasteiger partial charge in [0.05, 0.1) is 37.6 Å². The Bertz CT molecular complexity index is 619. The van der Waals surface area contributed by atoms with Gasteiger partial charge in [-0.2, -0.15) is 5.10 Å². The summed E-state index contributed by atoms with van der Waals surface area (Å²) in [5, 5.41) is 4.42. The van der Waals surface area contributed by atoms with E-state index in [1.165, 1.54) is 4.68 Å². The zero-order valence-electron chi connectivity index (χ0n) is 14.3. The molecular formula is C16H25N3O4. The van der Waals surface area contributed by atoms with Crippen LogP contribution in [0.4, 0.5) is 4.79 Å². The Morgan fingerprint density at radius 1 is 1.39 bits per heavy atom. The maximum absolute atomic E-state index is 12.2. The van der Waals surface area contributed by atoms with Gasteiger partial charge in [-0.25, -0.2) is 9.48 Å². The molecule has 0 aliphatic carbocycles. The van der Waals surface area contributed by atoms with Crippen LogP contribution in [0.3, 0.4) is 0 Å². The van der Waals surface area contributed by atoms with E-state index in [1.54, 1.807) is 17.9 Å². The number of amides is 1. The second kappa shape index (κ2) is 7.12. The number of hydrogen-bond donors (Lipinski definition) is 0. The molecule has 1 aliphatic rings. The Kier molecular flexibility index (Phi) is 5.41. The first kappa shape index (κ1) is 17.5. The molecule has 0 spiro atoms. The second-order valence-corrected chi connectivity index (χ2v) is 6.51. The lowest BCUT2D eigenvalue weighted by atomic mass is 10.1. The van der Waals surface area contributed by atoms with Gasteiger partial charge < -0.3 is 14.4 Å². The highest BCUT2D eigenvalue weighted by molar-refractivity contribution is 5.68. The molecule has 0 N–H and O–H groups in total. The number of rotatable bonds is 4. The Morgan fingerprint density at radius 3 is 2.78 bits per heavy atom. The largest absolute Gasteiger partial charge is 0.450 e. The van der Waals surface area contributed by atoms with Crippen molar-refractivity contribution in [3.8, 4) is 0 Å². The number of fused-ring (bicyclic) bond motifs is 1. The van der Waals surface area contributed by atoms with Crippen molar-refractivity contribution in [1.82, 2.24) is 14.7 Å². The molecule has 0 unspecified atom stereocenters. The Balaban J connectivity index is 2.06. The van der Waals surface area contributed by atoms with Crippen molar-refractivity contribution in [2.45, 2.75) is 52.8 Å². The summed E-state index contributed by atoms with van der Waals surface area (Å²) >= 11 is 0. The quantitative estimate of drug-likeness (QED) is 0.841. The van der Waals surface area contributed by atoms with E-state index in [-0.39, 0.29) is 17.3 Å². The third-order valence-corrected chi connectivity index (χ3v) is 3.51. The maximum Gasteiger partial charge on any atom is 0.410 e. The van der Waals surface area contributed by atoms with Crippen LogP contribution >= 0.6 is 0 Å². The molecule has 23 heavy (non-hydrogen) atoms. The van der Waals surface area contributed by atoms with E-state index in [0.717, 1.165) is 11.3 Å². The SMILES string of the molecule is CCOC(=O)N1CCc2nn(CCOC(C)(C)C)c(=O)cc2C1. The third-order valence-electron chi connectivity index (χ3n) is 3.51. The third kappa shape index (κ3) is 4.79. The van der Waals surface area contributed by atoms with Crippen LogP contribution in [0.5, 0.6) is 0 Å². The van der Waals surface area contributed by atoms with E-state index >= 15 is 0 Å². The number of ether oxygens (including phenoxy) is 2. The van der Waals surface area contributed by atoms with Crippen LogP contribution in [0.15, 0.2) is 10.9 Å². The topological polar surface area (TPSA) is 73.7 Å². The number of nitrogens with zero attached hydrogens (tertiary/aromatic N) is 3. The first-order chi connectivity index (χ1) is 10.8. The summed E-state index contributed by atoms with van der Waals surface area (Å²) in [6.07, 6.45) is 0.273. The summed E-state index contributed by atoms with van der Waals surface area (Å²) in [6.45, 7) is 9.81. The molecule has 0 fully saturated rings. The van der Waals surface area contributed by atoms with Gasteiger partial charge in [-0.05, 0) is 27.7 Å². The first-order valence-electron chi connectivity index (χ1n) is 7.95. The van der Waals surface area contributed by atoms with Crippen molar-refractivity contribution in [2.75, 3.05) is 19.8 Å². The van der Waals surface area contributed by atoms with Crippen LogP contribution in [0.1, 0.15) is 39.0 Å². The zero-order chi connectivity index (χ0) is 17.0. The number of aromatic nitrogens is 2.